The van der Waals surface area contributed by atoms with Crippen molar-refractivity contribution in [2.24, 2.45) is 0 Å². The van der Waals surface area contributed by atoms with Crippen LogP contribution in [0.15, 0.2) is 66.7 Å². The quantitative estimate of drug-likeness (QED) is 0.262. The molecule has 34 heavy (non-hydrogen) atoms. The summed E-state index contributed by atoms with van der Waals surface area (Å²) in [5.74, 6) is -1.33. The fourth-order valence-electron chi connectivity index (χ4n) is 3.50. The number of hydrogen-bond acceptors (Lipinski definition) is 3. The van der Waals surface area contributed by atoms with Crippen LogP contribution in [0.1, 0.15) is 27.2 Å². The first-order valence-corrected chi connectivity index (χ1v) is 11.3. The number of benzene rings is 3. The molecule has 174 valence electrons. The molecule has 0 spiro atoms. The summed E-state index contributed by atoms with van der Waals surface area (Å²) in [6, 6.07) is 16.1. The number of carbonyl (C=O) groups excluding carboxylic acids is 1. The average molecular weight is 505 g/mol. The number of anilines is 2. The Labute approximate surface area is 202 Å². The van der Waals surface area contributed by atoms with Gasteiger partial charge in [0.1, 0.15) is 5.82 Å². The van der Waals surface area contributed by atoms with Gasteiger partial charge in [-0.3, -0.25) is 9.69 Å². The predicted octanol–water partition coefficient (Wildman–Crippen LogP) is 8.22. The van der Waals surface area contributed by atoms with Gasteiger partial charge in [0, 0.05) is 10.6 Å². The molecule has 0 saturated carbocycles. The second kappa shape index (κ2) is 9.19. The molecule has 0 radical (unpaired) electrons. The van der Waals surface area contributed by atoms with Crippen molar-refractivity contribution in [3.63, 3.8) is 0 Å². The first-order chi connectivity index (χ1) is 16.0. The van der Waals surface area contributed by atoms with Gasteiger partial charge in [-0.25, -0.2) is 9.37 Å². The Hall–Kier alpha value is -3.23. The van der Waals surface area contributed by atoms with E-state index < -0.39 is 23.6 Å². The Morgan fingerprint density at radius 2 is 1.71 bits per heavy atom. The van der Waals surface area contributed by atoms with Crippen LogP contribution in [0.5, 0.6) is 0 Å². The molecule has 0 aliphatic rings. The Kier molecular flexibility index (Phi) is 6.47. The van der Waals surface area contributed by atoms with Gasteiger partial charge >= 0.3 is 6.18 Å². The maximum Gasteiger partial charge on any atom is 0.434 e. The molecule has 0 aliphatic carbocycles. The summed E-state index contributed by atoms with van der Waals surface area (Å²) in [5, 5.41) is 0.193. The lowest BCUT2D eigenvalue weighted by Crippen LogP contribution is -2.27. The van der Waals surface area contributed by atoms with E-state index in [1.165, 1.54) is 42.5 Å². The van der Waals surface area contributed by atoms with Crippen molar-refractivity contribution >= 4 is 39.7 Å². The number of aryl methyl sites for hydroxylation is 2. The fraction of sp³-hybridized carbons (Fsp3) is 0.120. The van der Waals surface area contributed by atoms with E-state index >= 15 is 0 Å². The average Bonchev–Trinajstić information content (AvgIpc) is 3.21. The number of aromatic nitrogens is 1. The lowest BCUT2D eigenvalue weighted by atomic mass is 10.1. The Bertz CT molecular complexity index is 1370. The first kappa shape index (κ1) is 23.9. The normalized spacial score (nSPS) is 11.5. The highest BCUT2D eigenvalue weighted by Crippen LogP contribution is 2.45. The number of thiazole rings is 1. The zero-order chi connectivity index (χ0) is 24.6. The lowest BCUT2D eigenvalue weighted by molar-refractivity contribution is -0.140. The molecule has 1 amide bonds. The molecule has 0 saturated heterocycles. The lowest BCUT2D eigenvalue weighted by Gasteiger charge is -2.22. The molecule has 1 aromatic heterocycles. The van der Waals surface area contributed by atoms with E-state index in [0.29, 0.717) is 16.3 Å². The minimum absolute atomic E-state index is 0.0169. The first-order valence-electron chi connectivity index (χ1n) is 10.1. The molecule has 0 bridgehead atoms. The van der Waals surface area contributed by atoms with Crippen LogP contribution in [0, 0.1) is 19.7 Å². The van der Waals surface area contributed by atoms with E-state index in [9.17, 15) is 22.4 Å². The maximum atomic E-state index is 14.0. The van der Waals surface area contributed by atoms with Gasteiger partial charge in [-0.15, -0.1) is 0 Å². The van der Waals surface area contributed by atoms with Crippen molar-refractivity contribution in [3.8, 4) is 10.4 Å². The second-order valence-electron chi connectivity index (χ2n) is 7.62. The van der Waals surface area contributed by atoms with Crippen molar-refractivity contribution in [3.05, 3.63) is 100.0 Å². The summed E-state index contributed by atoms with van der Waals surface area (Å²) in [5.41, 5.74) is 1.05. The highest BCUT2D eigenvalue weighted by molar-refractivity contribution is 7.19. The fourth-order valence-corrected chi connectivity index (χ4v) is 4.73. The third kappa shape index (κ3) is 4.83. The van der Waals surface area contributed by atoms with E-state index in [1.54, 1.807) is 25.1 Å². The molecule has 4 aromatic rings. The molecular formula is C25H17ClF4N2OS. The molecule has 0 N–H and O–H groups in total. The monoisotopic (exact) mass is 504 g/mol. The van der Waals surface area contributed by atoms with Gasteiger partial charge in [0.2, 0.25) is 0 Å². The minimum atomic E-state index is -4.76. The van der Waals surface area contributed by atoms with Crippen LogP contribution >= 0.6 is 22.9 Å². The van der Waals surface area contributed by atoms with E-state index in [1.807, 2.05) is 6.92 Å². The smallest absolute Gasteiger partial charge is 0.268 e. The molecule has 4 rings (SSSR count). The van der Waals surface area contributed by atoms with Gasteiger partial charge in [0.25, 0.3) is 5.91 Å². The maximum absolute atomic E-state index is 14.0. The summed E-state index contributed by atoms with van der Waals surface area (Å²) in [6.45, 7) is 3.60. The zero-order valence-corrected chi connectivity index (χ0v) is 19.5. The Morgan fingerprint density at radius 1 is 1.00 bits per heavy atom. The van der Waals surface area contributed by atoms with Crippen LogP contribution in [0.2, 0.25) is 5.02 Å². The summed E-state index contributed by atoms with van der Waals surface area (Å²) in [4.78, 5) is 18.3. The van der Waals surface area contributed by atoms with Gasteiger partial charge in [-0.2, -0.15) is 13.2 Å². The molecular weight excluding hydrogens is 488 g/mol. The predicted molar refractivity (Wildman–Crippen MR) is 126 cm³/mol. The van der Waals surface area contributed by atoms with Gasteiger partial charge in [-0.1, -0.05) is 58.8 Å². The summed E-state index contributed by atoms with van der Waals surface area (Å²) in [6.07, 6.45) is -4.76. The number of halogens is 5. The topological polar surface area (TPSA) is 33.2 Å². The van der Waals surface area contributed by atoms with Crippen LogP contribution in [0.3, 0.4) is 0 Å². The van der Waals surface area contributed by atoms with E-state index in [0.717, 1.165) is 27.9 Å². The van der Waals surface area contributed by atoms with Crippen LogP contribution < -0.4 is 4.90 Å². The van der Waals surface area contributed by atoms with Crippen molar-refractivity contribution in [1.82, 2.24) is 4.98 Å². The second-order valence-corrected chi connectivity index (χ2v) is 9.03. The van der Waals surface area contributed by atoms with Gasteiger partial charge in [0.05, 0.1) is 10.6 Å². The molecule has 1 heterocycles. The van der Waals surface area contributed by atoms with Gasteiger partial charge < -0.3 is 0 Å². The number of rotatable bonds is 4. The third-order valence-corrected chi connectivity index (χ3v) is 6.39. The van der Waals surface area contributed by atoms with Crippen molar-refractivity contribution in [2.45, 2.75) is 20.0 Å². The van der Waals surface area contributed by atoms with Gasteiger partial charge in [-0.05, 0) is 61.4 Å². The number of carbonyl (C=O) groups is 1. The summed E-state index contributed by atoms with van der Waals surface area (Å²) >= 11 is 6.62. The number of alkyl halides is 3. The SMILES string of the molecule is Cc1ccc(N(C(=O)c2cccc(F)c2)c2nc(C(F)(F)F)c(-c3ccc(Cl)cc3)s2)c(C)c1. The number of nitrogens with zero attached hydrogens (tertiary/aromatic N) is 2. The molecule has 0 atom stereocenters. The zero-order valence-electron chi connectivity index (χ0n) is 18.0. The summed E-state index contributed by atoms with van der Waals surface area (Å²) < 4.78 is 55.8. The Morgan fingerprint density at radius 3 is 2.32 bits per heavy atom. The molecule has 0 unspecified atom stereocenters. The van der Waals surface area contributed by atoms with Gasteiger partial charge in [0.15, 0.2) is 10.8 Å². The molecule has 0 aliphatic heterocycles. The summed E-state index contributed by atoms with van der Waals surface area (Å²) in [7, 11) is 0. The molecule has 9 heteroatoms. The highest BCUT2D eigenvalue weighted by Gasteiger charge is 2.39. The molecule has 0 fully saturated rings. The third-order valence-electron chi connectivity index (χ3n) is 5.05. The number of amides is 1. The van der Waals surface area contributed by atoms with Crippen molar-refractivity contribution in [1.29, 1.82) is 0 Å². The minimum Gasteiger partial charge on any atom is -0.268 e. The standard InChI is InChI=1S/C25H17ClF4N2OS/c1-14-6-11-20(15(2)12-14)32(23(33)17-4-3-5-19(27)13-17)24-31-22(25(28,29)30)21(34-24)16-7-9-18(26)10-8-16/h3-13H,1-2H3. The highest BCUT2D eigenvalue weighted by atomic mass is 35.5. The van der Waals surface area contributed by atoms with Crippen LogP contribution in [0.25, 0.3) is 10.4 Å². The molecule has 3 aromatic carbocycles. The molecule has 3 nitrogen and oxygen atoms in total. The number of hydrogen-bond donors (Lipinski definition) is 0. The van der Waals surface area contributed by atoms with Crippen LogP contribution in [-0.4, -0.2) is 10.9 Å². The van der Waals surface area contributed by atoms with Crippen LogP contribution in [0.4, 0.5) is 28.4 Å². The van der Waals surface area contributed by atoms with E-state index in [-0.39, 0.29) is 21.1 Å². The Balaban J connectivity index is 1.94. The van der Waals surface area contributed by atoms with Crippen LogP contribution in [-0.2, 0) is 6.18 Å². The largest absolute Gasteiger partial charge is 0.434 e. The van der Waals surface area contributed by atoms with E-state index in [4.69, 9.17) is 11.6 Å². The van der Waals surface area contributed by atoms with E-state index in [2.05, 4.69) is 4.98 Å². The van der Waals surface area contributed by atoms with Crippen molar-refractivity contribution in [2.75, 3.05) is 4.90 Å². The van der Waals surface area contributed by atoms with Crippen molar-refractivity contribution < 1.29 is 22.4 Å².